The molecule has 3 aromatic rings. The molecule has 10 heteroatoms. The number of amides is 1. The normalized spacial score (nSPS) is 10.4. The number of thioether (sulfide) groups is 1. The van der Waals surface area contributed by atoms with E-state index in [0.717, 1.165) is 5.56 Å². The van der Waals surface area contributed by atoms with Crippen molar-refractivity contribution < 1.29 is 14.3 Å². The molecule has 2 heterocycles. The molecule has 9 nitrogen and oxygen atoms in total. The summed E-state index contributed by atoms with van der Waals surface area (Å²) >= 11 is 1.18. The number of carbonyl (C=O) groups excluding carboxylic acids is 1. The van der Waals surface area contributed by atoms with Gasteiger partial charge in [-0.1, -0.05) is 11.8 Å². The van der Waals surface area contributed by atoms with Gasteiger partial charge in [0, 0.05) is 24.0 Å². The smallest absolute Gasteiger partial charge is 0.234 e. The van der Waals surface area contributed by atoms with Crippen molar-refractivity contribution in [1.29, 1.82) is 0 Å². The highest BCUT2D eigenvalue weighted by atomic mass is 32.2. The van der Waals surface area contributed by atoms with E-state index >= 15 is 0 Å². The van der Waals surface area contributed by atoms with Crippen molar-refractivity contribution in [3.8, 4) is 22.9 Å². The maximum absolute atomic E-state index is 12.3. The Morgan fingerprint density at radius 1 is 1.26 bits per heavy atom. The first kappa shape index (κ1) is 18.5. The van der Waals surface area contributed by atoms with Crippen LogP contribution in [0.1, 0.15) is 0 Å². The number of hydrogen-bond donors (Lipinski definition) is 2. The van der Waals surface area contributed by atoms with Gasteiger partial charge in [0.1, 0.15) is 11.5 Å². The molecule has 0 radical (unpaired) electrons. The molecule has 3 rings (SSSR count). The Kier molecular flexibility index (Phi) is 5.77. The first-order valence-electron chi connectivity index (χ1n) is 7.88. The molecule has 0 aliphatic carbocycles. The van der Waals surface area contributed by atoms with Gasteiger partial charge >= 0.3 is 0 Å². The van der Waals surface area contributed by atoms with Gasteiger partial charge in [-0.3, -0.25) is 9.78 Å². The van der Waals surface area contributed by atoms with Crippen LogP contribution in [-0.4, -0.2) is 45.7 Å². The molecule has 0 atom stereocenters. The number of ether oxygens (including phenoxy) is 2. The summed E-state index contributed by atoms with van der Waals surface area (Å²) in [5.41, 5.74) is 1.29. The van der Waals surface area contributed by atoms with Gasteiger partial charge in [0.05, 0.1) is 25.7 Å². The molecule has 0 saturated carbocycles. The summed E-state index contributed by atoms with van der Waals surface area (Å²) in [6.45, 7) is 0. The van der Waals surface area contributed by atoms with Crippen molar-refractivity contribution in [2.45, 2.75) is 5.16 Å². The van der Waals surface area contributed by atoms with Crippen LogP contribution in [0.5, 0.6) is 11.5 Å². The molecule has 3 N–H and O–H groups in total. The highest BCUT2D eigenvalue weighted by Gasteiger charge is 2.15. The predicted octanol–water partition coefficient (Wildman–Crippen LogP) is 1.80. The van der Waals surface area contributed by atoms with E-state index in [1.165, 1.54) is 23.5 Å². The number of nitrogen functional groups attached to an aromatic ring is 1. The average molecular weight is 386 g/mol. The van der Waals surface area contributed by atoms with Crippen LogP contribution in [0.25, 0.3) is 11.4 Å². The summed E-state index contributed by atoms with van der Waals surface area (Å²) in [5.74, 6) is 7.53. The first-order valence-corrected chi connectivity index (χ1v) is 8.86. The lowest BCUT2D eigenvalue weighted by molar-refractivity contribution is -0.113. The first-order chi connectivity index (χ1) is 13.1. The van der Waals surface area contributed by atoms with Crippen molar-refractivity contribution in [3.05, 3.63) is 42.7 Å². The molecule has 27 heavy (non-hydrogen) atoms. The van der Waals surface area contributed by atoms with Crippen molar-refractivity contribution >= 4 is 23.4 Å². The molecule has 1 amide bonds. The van der Waals surface area contributed by atoms with Gasteiger partial charge in [0.2, 0.25) is 11.1 Å². The van der Waals surface area contributed by atoms with Gasteiger partial charge in [-0.15, -0.1) is 10.2 Å². The van der Waals surface area contributed by atoms with Crippen LogP contribution in [0, 0.1) is 0 Å². The summed E-state index contributed by atoms with van der Waals surface area (Å²) < 4.78 is 11.7. The zero-order valence-electron chi connectivity index (χ0n) is 14.7. The second-order valence-electron chi connectivity index (χ2n) is 5.32. The van der Waals surface area contributed by atoms with Gasteiger partial charge in [0.15, 0.2) is 5.82 Å². The SMILES string of the molecule is COc1ccc(NC(=O)CSc2nnc(-c3cccnc3)n2N)c(OC)c1. The van der Waals surface area contributed by atoms with E-state index in [0.29, 0.717) is 28.2 Å². The van der Waals surface area contributed by atoms with Gasteiger partial charge in [-0.2, -0.15) is 0 Å². The van der Waals surface area contributed by atoms with Crippen molar-refractivity contribution in [2.24, 2.45) is 0 Å². The quantitative estimate of drug-likeness (QED) is 0.466. The molecule has 0 aliphatic heterocycles. The Balaban J connectivity index is 1.64. The van der Waals surface area contributed by atoms with E-state index in [9.17, 15) is 4.79 Å². The van der Waals surface area contributed by atoms with E-state index in [1.807, 2.05) is 6.07 Å². The number of nitrogens with zero attached hydrogens (tertiary/aromatic N) is 4. The molecule has 0 aliphatic rings. The molecular weight excluding hydrogens is 368 g/mol. The van der Waals surface area contributed by atoms with E-state index in [1.54, 1.807) is 43.8 Å². The highest BCUT2D eigenvalue weighted by Crippen LogP contribution is 2.29. The third kappa shape index (κ3) is 4.29. The van der Waals surface area contributed by atoms with Crippen molar-refractivity contribution in [2.75, 3.05) is 31.1 Å². The monoisotopic (exact) mass is 386 g/mol. The molecule has 2 aromatic heterocycles. The number of pyridine rings is 1. The van der Waals surface area contributed by atoms with Gasteiger partial charge in [-0.05, 0) is 24.3 Å². The van der Waals surface area contributed by atoms with Gasteiger partial charge in [0.25, 0.3) is 0 Å². The second kappa shape index (κ2) is 8.41. The van der Waals surface area contributed by atoms with E-state index in [-0.39, 0.29) is 11.7 Å². The number of benzene rings is 1. The lowest BCUT2D eigenvalue weighted by atomic mass is 10.2. The lowest BCUT2D eigenvalue weighted by Gasteiger charge is -2.11. The zero-order valence-corrected chi connectivity index (χ0v) is 15.6. The maximum atomic E-state index is 12.3. The molecule has 0 unspecified atom stereocenters. The van der Waals surface area contributed by atoms with Gasteiger partial charge in [-0.25, -0.2) is 4.68 Å². The number of anilines is 1. The van der Waals surface area contributed by atoms with Crippen LogP contribution in [0.4, 0.5) is 5.69 Å². The van der Waals surface area contributed by atoms with E-state index in [4.69, 9.17) is 15.3 Å². The number of methoxy groups -OCH3 is 2. The molecule has 0 spiro atoms. The molecule has 0 fully saturated rings. The second-order valence-corrected chi connectivity index (χ2v) is 6.26. The fraction of sp³-hybridized carbons (Fsp3) is 0.176. The van der Waals surface area contributed by atoms with Crippen LogP contribution in [0.15, 0.2) is 47.9 Å². The number of aromatic nitrogens is 4. The molecule has 140 valence electrons. The number of nitrogens with two attached hydrogens (primary N) is 1. The number of nitrogens with one attached hydrogen (secondary N) is 1. The van der Waals surface area contributed by atoms with Crippen LogP contribution in [0.2, 0.25) is 0 Å². The minimum Gasteiger partial charge on any atom is -0.497 e. The molecule has 0 saturated heterocycles. The Morgan fingerprint density at radius 2 is 2.11 bits per heavy atom. The van der Waals surface area contributed by atoms with Crippen molar-refractivity contribution in [1.82, 2.24) is 19.9 Å². The minimum atomic E-state index is -0.227. The Labute approximate surface area is 159 Å². The number of carbonyl (C=O) groups is 1. The standard InChI is InChI=1S/C17H18N6O3S/c1-25-12-5-6-13(14(8-12)26-2)20-15(24)10-27-17-22-21-16(23(17)18)11-4-3-7-19-9-11/h3-9H,10,18H2,1-2H3,(H,20,24). The summed E-state index contributed by atoms with van der Waals surface area (Å²) in [5, 5.41) is 11.3. The molecular formula is C17H18N6O3S. The van der Waals surface area contributed by atoms with Crippen LogP contribution >= 0.6 is 11.8 Å². The predicted molar refractivity (Wildman–Crippen MR) is 102 cm³/mol. The zero-order chi connectivity index (χ0) is 19.2. The minimum absolute atomic E-state index is 0.109. The third-order valence-corrected chi connectivity index (χ3v) is 4.54. The fourth-order valence-electron chi connectivity index (χ4n) is 2.29. The highest BCUT2D eigenvalue weighted by molar-refractivity contribution is 7.99. The van der Waals surface area contributed by atoms with Crippen LogP contribution in [-0.2, 0) is 4.79 Å². The Morgan fingerprint density at radius 3 is 2.81 bits per heavy atom. The van der Waals surface area contributed by atoms with Crippen molar-refractivity contribution in [3.63, 3.8) is 0 Å². The van der Waals surface area contributed by atoms with E-state index in [2.05, 4.69) is 20.5 Å². The summed E-state index contributed by atoms with van der Waals surface area (Å²) in [6, 6.07) is 8.76. The van der Waals surface area contributed by atoms with Crippen LogP contribution in [0.3, 0.4) is 0 Å². The van der Waals surface area contributed by atoms with E-state index < -0.39 is 0 Å². The van der Waals surface area contributed by atoms with Crippen LogP contribution < -0.4 is 20.6 Å². The number of hydrogen-bond acceptors (Lipinski definition) is 8. The Hall–Kier alpha value is -3.27. The lowest BCUT2D eigenvalue weighted by Crippen LogP contribution is -2.17. The molecule has 0 bridgehead atoms. The molecule has 1 aromatic carbocycles. The number of rotatable bonds is 7. The largest absolute Gasteiger partial charge is 0.497 e. The summed E-state index contributed by atoms with van der Waals surface area (Å²) in [4.78, 5) is 16.3. The average Bonchev–Trinajstić information content (AvgIpc) is 3.07. The Bertz CT molecular complexity index is 932. The fourth-order valence-corrected chi connectivity index (χ4v) is 2.94. The summed E-state index contributed by atoms with van der Waals surface area (Å²) in [6.07, 6.45) is 3.30. The summed E-state index contributed by atoms with van der Waals surface area (Å²) in [7, 11) is 3.09. The third-order valence-electron chi connectivity index (χ3n) is 3.60. The van der Waals surface area contributed by atoms with Gasteiger partial charge < -0.3 is 20.6 Å². The topological polar surface area (TPSA) is 117 Å². The maximum Gasteiger partial charge on any atom is 0.234 e.